The zero-order valence-electron chi connectivity index (χ0n) is 15.2. The van der Waals surface area contributed by atoms with Crippen molar-refractivity contribution in [2.45, 2.75) is 13.5 Å². The van der Waals surface area contributed by atoms with Gasteiger partial charge in [-0.15, -0.1) is 0 Å². The number of aryl methyl sites for hydroxylation is 1. The molecule has 11 heteroatoms. The van der Waals surface area contributed by atoms with Crippen LogP contribution in [0.4, 0.5) is 0 Å². The third-order valence-corrected chi connectivity index (χ3v) is 4.96. The van der Waals surface area contributed by atoms with Crippen molar-refractivity contribution in [3.63, 3.8) is 0 Å². The highest BCUT2D eigenvalue weighted by molar-refractivity contribution is 6.42. The van der Waals surface area contributed by atoms with Crippen molar-refractivity contribution in [2.24, 2.45) is 19.2 Å². The lowest BCUT2D eigenvalue weighted by Crippen LogP contribution is -2.38. The summed E-state index contributed by atoms with van der Waals surface area (Å²) in [4.78, 5) is 40.7. The Labute approximate surface area is 168 Å². The molecule has 3 aromatic rings. The summed E-state index contributed by atoms with van der Waals surface area (Å²) >= 11 is 11.9. The van der Waals surface area contributed by atoms with Crippen molar-refractivity contribution in [2.75, 3.05) is 0 Å². The van der Waals surface area contributed by atoms with Gasteiger partial charge in [0.1, 0.15) is 6.54 Å². The molecule has 2 aromatic heterocycles. The zero-order chi connectivity index (χ0) is 20.6. The number of hydrazone groups is 1. The van der Waals surface area contributed by atoms with Crippen LogP contribution in [0.1, 0.15) is 12.5 Å². The Morgan fingerprint density at radius 1 is 1.18 bits per heavy atom. The Balaban J connectivity index is 1.83. The summed E-state index contributed by atoms with van der Waals surface area (Å²) in [5.74, 6) is -0.463. The van der Waals surface area contributed by atoms with Crippen LogP contribution in [-0.4, -0.2) is 30.3 Å². The van der Waals surface area contributed by atoms with Crippen LogP contribution < -0.4 is 16.7 Å². The molecule has 2 heterocycles. The number of fused-ring (bicyclic) bond motifs is 1. The van der Waals surface area contributed by atoms with E-state index in [2.05, 4.69) is 15.5 Å². The van der Waals surface area contributed by atoms with Gasteiger partial charge in [0.2, 0.25) is 0 Å². The highest BCUT2D eigenvalue weighted by Crippen LogP contribution is 2.22. The molecule has 0 unspecified atom stereocenters. The van der Waals surface area contributed by atoms with E-state index in [1.54, 1.807) is 25.1 Å². The molecule has 0 bridgehead atoms. The standard InChI is InChI=1S/C17H16Cl2N6O3/c1-9(10-4-5-11(18)12(19)6-10)21-22-13(26)7-25-8-20-15-14(25)16(27)24(3)17(28)23(15)2/h4-6,8H,7H2,1-3H3,(H,22,26)/b21-9+. The number of carbonyl (C=O) groups is 1. The minimum Gasteiger partial charge on any atom is -0.315 e. The molecule has 0 spiro atoms. The van der Waals surface area contributed by atoms with Crippen molar-refractivity contribution < 1.29 is 4.79 Å². The van der Waals surface area contributed by atoms with E-state index < -0.39 is 17.2 Å². The molecule has 0 saturated carbocycles. The van der Waals surface area contributed by atoms with Gasteiger partial charge in [0.15, 0.2) is 11.2 Å². The van der Waals surface area contributed by atoms with Crippen molar-refractivity contribution in [1.82, 2.24) is 24.1 Å². The fourth-order valence-electron chi connectivity index (χ4n) is 2.64. The molecule has 1 aromatic carbocycles. The fraction of sp³-hybridized carbons (Fsp3) is 0.235. The smallest absolute Gasteiger partial charge is 0.315 e. The van der Waals surface area contributed by atoms with Crippen LogP contribution in [0, 0.1) is 0 Å². The van der Waals surface area contributed by atoms with E-state index in [1.807, 2.05) is 0 Å². The Morgan fingerprint density at radius 3 is 2.57 bits per heavy atom. The summed E-state index contributed by atoms with van der Waals surface area (Å²) in [6.07, 6.45) is 1.33. The SMILES string of the molecule is C/C(=N\NC(=O)Cn1cnc2c1c(=O)n(C)c(=O)n2C)c1ccc(Cl)c(Cl)c1. The molecule has 0 aliphatic rings. The number of halogens is 2. The van der Waals surface area contributed by atoms with Gasteiger partial charge in [0.25, 0.3) is 11.5 Å². The Kier molecular flexibility index (Phi) is 5.39. The van der Waals surface area contributed by atoms with Crippen molar-refractivity contribution in [3.8, 4) is 0 Å². The summed E-state index contributed by atoms with van der Waals surface area (Å²) in [7, 11) is 2.87. The molecule has 3 rings (SSSR count). The average molecular weight is 423 g/mol. The minimum absolute atomic E-state index is 0.157. The van der Waals surface area contributed by atoms with Gasteiger partial charge in [-0.3, -0.25) is 18.7 Å². The Morgan fingerprint density at radius 2 is 1.89 bits per heavy atom. The van der Waals surface area contributed by atoms with Crippen LogP contribution in [0.25, 0.3) is 11.2 Å². The van der Waals surface area contributed by atoms with Gasteiger partial charge >= 0.3 is 5.69 Å². The molecular weight excluding hydrogens is 407 g/mol. The lowest BCUT2D eigenvalue weighted by Gasteiger charge is -2.07. The van der Waals surface area contributed by atoms with E-state index in [-0.39, 0.29) is 17.7 Å². The van der Waals surface area contributed by atoms with E-state index in [0.29, 0.717) is 21.3 Å². The first kappa shape index (κ1) is 19.8. The number of nitrogens with one attached hydrogen (secondary N) is 1. The fourth-order valence-corrected chi connectivity index (χ4v) is 2.94. The lowest BCUT2D eigenvalue weighted by molar-refractivity contribution is -0.121. The molecule has 0 radical (unpaired) electrons. The predicted octanol–water partition coefficient (Wildman–Crippen LogP) is 1.28. The number of nitrogens with zero attached hydrogens (tertiary/aromatic N) is 5. The van der Waals surface area contributed by atoms with Crippen LogP contribution in [-0.2, 0) is 25.4 Å². The number of aromatic nitrogens is 4. The van der Waals surface area contributed by atoms with Gasteiger partial charge in [-0.1, -0.05) is 29.3 Å². The van der Waals surface area contributed by atoms with E-state index in [4.69, 9.17) is 23.2 Å². The minimum atomic E-state index is -0.529. The summed E-state index contributed by atoms with van der Waals surface area (Å²) in [6.45, 7) is 1.51. The summed E-state index contributed by atoms with van der Waals surface area (Å²) in [5, 5.41) is 4.84. The normalized spacial score (nSPS) is 11.8. The molecule has 0 aliphatic carbocycles. The molecule has 0 saturated heterocycles. The van der Waals surface area contributed by atoms with E-state index in [9.17, 15) is 14.4 Å². The maximum Gasteiger partial charge on any atom is 0.332 e. The first-order valence-electron chi connectivity index (χ1n) is 8.10. The second-order valence-electron chi connectivity index (χ2n) is 6.11. The highest BCUT2D eigenvalue weighted by Gasteiger charge is 2.15. The second kappa shape index (κ2) is 7.61. The summed E-state index contributed by atoms with van der Waals surface area (Å²) in [6, 6.07) is 5.01. The maximum atomic E-state index is 12.4. The molecule has 146 valence electrons. The second-order valence-corrected chi connectivity index (χ2v) is 6.93. The van der Waals surface area contributed by atoms with E-state index in [1.165, 1.54) is 29.6 Å². The lowest BCUT2D eigenvalue weighted by atomic mass is 10.1. The van der Waals surface area contributed by atoms with Crippen LogP contribution in [0.15, 0.2) is 39.2 Å². The van der Waals surface area contributed by atoms with Crippen LogP contribution >= 0.6 is 23.2 Å². The monoisotopic (exact) mass is 422 g/mol. The molecule has 28 heavy (non-hydrogen) atoms. The van der Waals surface area contributed by atoms with Crippen LogP contribution in [0.3, 0.4) is 0 Å². The predicted molar refractivity (Wildman–Crippen MR) is 107 cm³/mol. The third kappa shape index (κ3) is 3.58. The molecule has 0 atom stereocenters. The first-order valence-corrected chi connectivity index (χ1v) is 8.85. The van der Waals surface area contributed by atoms with Crippen molar-refractivity contribution in [3.05, 3.63) is 61.0 Å². The van der Waals surface area contributed by atoms with Gasteiger partial charge in [-0.25, -0.2) is 15.2 Å². The van der Waals surface area contributed by atoms with E-state index in [0.717, 1.165) is 4.57 Å². The zero-order valence-corrected chi connectivity index (χ0v) is 16.7. The number of hydrogen-bond donors (Lipinski definition) is 1. The third-order valence-electron chi connectivity index (χ3n) is 4.22. The molecule has 1 amide bonds. The average Bonchev–Trinajstić information content (AvgIpc) is 3.08. The van der Waals surface area contributed by atoms with Gasteiger partial charge in [-0.2, -0.15) is 5.10 Å². The molecule has 0 fully saturated rings. The largest absolute Gasteiger partial charge is 0.332 e. The number of imidazole rings is 1. The van der Waals surface area contributed by atoms with Gasteiger partial charge in [-0.05, 0) is 24.6 Å². The van der Waals surface area contributed by atoms with Crippen LogP contribution in [0.2, 0.25) is 10.0 Å². The Hall–Kier alpha value is -2.91. The summed E-state index contributed by atoms with van der Waals surface area (Å²) in [5.41, 5.74) is 3.00. The molecule has 0 aliphatic heterocycles. The van der Waals surface area contributed by atoms with Gasteiger partial charge < -0.3 is 4.57 Å². The molecule has 9 nitrogen and oxygen atoms in total. The van der Waals surface area contributed by atoms with Crippen LogP contribution in [0.5, 0.6) is 0 Å². The topological polar surface area (TPSA) is 103 Å². The quantitative estimate of drug-likeness (QED) is 0.505. The number of carbonyl (C=O) groups excluding carboxylic acids is 1. The van der Waals surface area contributed by atoms with E-state index >= 15 is 0 Å². The maximum absolute atomic E-state index is 12.4. The summed E-state index contributed by atoms with van der Waals surface area (Å²) < 4.78 is 3.58. The van der Waals surface area contributed by atoms with Crippen molar-refractivity contribution >= 4 is 46.0 Å². The molecular formula is C17H16Cl2N6O3. The first-order chi connectivity index (χ1) is 13.2. The van der Waals surface area contributed by atoms with Crippen molar-refractivity contribution in [1.29, 1.82) is 0 Å². The Bertz CT molecular complexity index is 1240. The van der Waals surface area contributed by atoms with Gasteiger partial charge in [0, 0.05) is 14.1 Å². The highest BCUT2D eigenvalue weighted by atomic mass is 35.5. The number of hydrogen-bond acceptors (Lipinski definition) is 5. The number of rotatable bonds is 4. The number of amides is 1. The number of benzene rings is 1. The van der Waals surface area contributed by atoms with Gasteiger partial charge in [0.05, 0.1) is 22.1 Å². The molecule has 1 N–H and O–H groups in total.